The Kier molecular flexibility index (Phi) is 2.26. The van der Waals surface area contributed by atoms with Crippen LogP contribution in [0.5, 0.6) is 0 Å². The van der Waals surface area contributed by atoms with Crippen LogP contribution in [-0.2, 0) is 0 Å². The van der Waals surface area contributed by atoms with Crippen molar-refractivity contribution in [3.63, 3.8) is 0 Å². The van der Waals surface area contributed by atoms with Crippen molar-refractivity contribution in [2.75, 3.05) is 5.73 Å². The van der Waals surface area contributed by atoms with E-state index in [-0.39, 0.29) is 6.04 Å². The van der Waals surface area contributed by atoms with Gasteiger partial charge in [-0.25, -0.2) is 9.78 Å². The lowest BCUT2D eigenvalue weighted by atomic mass is 10.3. The molecule has 2 aromatic rings. The van der Waals surface area contributed by atoms with E-state index in [0.717, 1.165) is 0 Å². The molecule has 0 aromatic carbocycles. The molecule has 0 aliphatic carbocycles. The van der Waals surface area contributed by atoms with Gasteiger partial charge in [0.05, 0.1) is 17.3 Å². The Bertz CT molecular complexity index is 654. The van der Waals surface area contributed by atoms with Gasteiger partial charge in [0.1, 0.15) is 5.65 Å². The lowest BCUT2D eigenvalue weighted by Crippen LogP contribution is -2.32. The molecule has 0 aliphatic rings. The standard InChI is InChI=1S/C10H12N4O2/c1-5(2)14-8-7(3-6(11)4-12-8)9(15)13-10(14)16/h3-5H,11H2,1-2H3,(H,13,15,16). The van der Waals surface area contributed by atoms with E-state index in [4.69, 9.17) is 5.73 Å². The first-order valence-electron chi connectivity index (χ1n) is 4.90. The Balaban J connectivity index is 3.02. The molecule has 16 heavy (non-hydrogen) atoms. The Morgan fingerprint density at radius 2 is 2.12 bits per heavy atom. The highest BCUT2D eigenvalue weighted by atomic mass is 16.2. The van der Waals surface area contributed by atoms with E-state index < -0.39 is 11.2 Å². The summed E-state index contributed by atoms with van der Waals surface area (Å²) in [5.74, 6) is 0. The molecule has 2 heterocycles. The van der Waals surface area contributed by atoms with Crippen LogP contribution in [0.25, 0.3) is 11.0 Å². The topological polar surface area (TPSA) is 93.8 Å². The normalized spacial score (nSPS) is 11.2. The number of fused-ring (bicyclic) bond motifs is 1. The van der Waals surface area contributed by atoms with Gasteiger partial charge in [0.15, 0.2) is 0 Å². The van der Waals surface area contributed by atoms with Crippen LogP contribution >= 0.6 is 0 Å². The summed E-state index contributed by atoms with van der Waals surface area (Å²) < 4.78 is 1.43. The minimum atomic E-state index is -0.461. The van der Waals surface area contributed by atoms with Gasteiger partial charge in [0.25, 0.3) is 5.56 Å². The van der Waals surface area contributed by atoms with Crippen molar-refractivity contribution in [2.24, 2.45) is 0 Å². The zero-order chi connectivity index (χ0) is 11.9. The number of nitrogens with zero attached hydrogens (tertiary/aromatic N) is 2. The number of nitrogen functional groups attached to an aromatic ring is 1. The molecule has 0 saturated carbocycles. The van der Waals surface area contributed by atoms with E-state index in [0.29, 0.717) is 16.7 Å². The van der Waals surface area contributed by atoms with Gasteiger partial charge in [-0.2, -0.15) is 0 Å². The molecule has 2 aromatic heterocycles. The molecule has 3 N–H and O–H groups in total. The second-order valence-corrected chi connectivity index (χ2v) is 3.86. The summed E-state index contributed by atoms with van der Waals surface area (Å²) >= 11 is 0. The average molecular weight is 220 g/mol. The molecule has 6 nitrogen and oxygen atoms in total. The molecule has 0 atom stereocenters. The minimum Gasteiger partial charge on any atom is -0.397 e. The summed E-state index contributed by atoms with van der Waals surface area (Å²) in [7, 11) is 0. The first-order chi connectivity index (χ1) is 7.50. The second-order valence-electron chi connectivity index (χ2n) is 3.86. The Hall–Kier alpha value is -2.11. The molecule has 84 valence electrons. The van der Waals surface area contributed by atoms with Crippen LogP contribution in [-0.4, -0.2) is 14.5 Å². The fourth-order valence-electron chi connectivity index (χ4n) is 1.63. The maximum Gasteiger partial charge on any atom is 0.330 e. The molecule has 0 unspecified atom stereocenters. The van der Waals surface area contributed by atoms with Crippen LogP contribution in [0, 0.1) is 0 Å². The number of anilines is 1. The number of aromatic amines is 1. The van der Waals surface area contributed by atoms with Crippen molar-refractivity contribution in [3.05, 3.63) is 33.1 Å². The average Bonchev–Trinajstić information content (AvgIpc) is 2.18. The van der Waals surface area contributed by atoms with Gasteiger partial charge in [-0.1, -0.05) is 0 Å². The van der Waals surface area contributed by atoms with Gasteiger partial charge < -0.3 is 5.73 Å². The number of aromatic nitrogens is 3. The largest absolute Gasteiger partial charge is 0.397 e. The molecular weight excluding hydrogens is 208 g/mol. The van der Waals surface area contributed by atoms with Gasteiger partial charge in [-0.15, -0.1) is 0 Å². The van der Waals surface area contributed by atoms with Crippen LogP contribution < -0.4 is 17.0 Å². The molecule has 0 aliphatic heterocycles. The maximum absolute atomic E-state index is 11.6. The number of nitrogens with one attached hydrogen (secondary N) is 1. The Labute approximate surface area is 90.7 Å². The number of rotatable bonds is 1. The zero-order valence-electron chi connectivity index (χ0n) is 9.02. The van der Waals surface area contributed by atoms with Gasteiger partial charge in [0.2, 0.25) is 0 Å². The highest BCUT2D eigenvalue weighted by Gasteiger charge is 2.10. The van der Waals surface area contributed by atoms with Crippen molar-refractivity contribution < 1.29 is 0 Å². The van der Waals surface area contributed by atoms with Crippen molar-refractivity contribution in [1.82, 2.24) is 14.5 Å². The predicted octanol–water partition coefficient (Wildman–Crippen LogP) is 0.248. The molecule has 2 rings (SSSR count). The molecule has 0 amide bonds. The van der Waals surface area contributed by atoms with Gasteiger partial charge in [-0.05, 0) is 19.9 Å². The summed E-state index contributed by atoms with van der Waals surface area (Å²) in [4.78, 5) is 29.5. The number of H-pyrrole nitrogens is 1. The van der Waals surface area contributed by atoms with Gasteiger partial charge >= 0.3 is 5.69 Å². The smallest absolute Gasteiger partial charge is 0.330 e. The Morgan fingerprint density at radius 1 is 1.44 bits per heavy atom. The van der Waals surface area contributed by atoms with E-state index in [1.807, 2.05) is 13.8 Å². The molecule has 0 fully saturated rings. The minimum absolute atomic E-state index is 0.0806. The third-order valence-electron chi connectivity index (χ3n) is 2.32. The first-order valence-corrected chi connectivity index (χ1v) is 4.90. The van der Waals surface area contributed by atoms with Crippen molar-refractivity contribution >= 4 is 16.7 Å². The number of nitrogens with two attached hydrogens (primary N) is 1. The van der Waals surface area contributed by atoms with Crippen LogP contribution in [0.1, 0.15) is 19.9 Å². The molecule has 0 bridgehead atoms. The molecular formula is C10H12N4O2. The van der Waals surface area contributed by atoms with E-state index in [1.165, 1.54) is 16.8 Å². The van der Waals surface area contributed by atoms with E-state index in [9.17, 15) is 9.59 Å². The second kappa shape index (κ2) is 3.48. The van der Waals surface area contributed by atoms with Gasteiger partial charge in [-0.3, -0.25) is 14.3 Å². The summed E-state index contributed by atoms with van der Waals surface area (Å²) in [6.07, 6.45) is 1.43. The van der Waals surface area contributed by atoms with Crippen LogP contribution in [0.2, 0.25) is 0 Å². The monoisotopic (exact) mass is 220 g/mol. The highest BCUT2D eigenvalue weighted by molar-refractivity contribution is 5.77. The molecule has 0 spiro atoms. The SMILES string of the molecule is CC(C)n1c(=O)[nH]c(=O)c2cc(N)cnc21. The Morgan fingerprint density at radius 3 is 2.75 bits per heavy atom. The number of pyridine rings is 1. The molecule has 0 saturated heterocycles. The highest BCUT2D eigenvalue weighted by Crippen LogP contribution is 2.11. The van der Waals surface area contributed by atoms with Crippen molar-refractivity contribution in [2.45, 2.75) is 19.9 Å². The number of hydrogen-bond donors (Lipinski definition) is 2. The molecule has 6 heteroatoms. The van der Waals surface area contributed by atoms with Gasteiger partial charge in [0, 0.05) is 6.04 Å². The molecule has 0 radical (unpaired) electrons. The third-order valence-corrected chi connectivity index (χ3v) is 2.32. The fourth-order valence-corrected chi connectivity index (χ4v) is 1.63. The summed E-state index contributed by atoms with van der Waals surface area (Å²) in [5.41, 5.74) is 5.39. The van der Waals surface area contributed by atoms with Crippen molar-refractivity contribution in [1.29, 1.82) is 0 Å². The summed E-state index contributed by atoms with van der Waals surface area (Å²) in [6.45, 7) is 3.69. The zero-order valence-corrected chi connectivity index (χ0v) is 9.02. The van der Waals surface area contributed by atoms with Crippen LogP contribution in [0.4, 0.5) is 5.69 Å². The lowest BCUT2D eigenvalue weighted by molar-refractivity contribution is 0.579. The predicted molar refractivity (Wildman–Crippen MR) is 61.4 cm³/mol. The quantitative estimate of drug-likeness (QED) is 0.720. The number of hydrogen-bond acceptors (Lipinski definition) is 4. The summed E-state index contributed by atoms with van der Waals surface area (Å²) in [6, 6.07) is 1.43. The third kappa shape index (κ3) is 1.48. The fraction of sp³-hybridized carbons (Fsp3) is 0.300. The first kappa shape index (κ1) is 10.4. The van der Waals surface area contributed by atoms with E-state index in [2.05, 4.69) is 9.97 Å². The van der Waals surface area contributed by atoms with Crippen LogP contribution in [0.3, 0.4) is 0 Å². The van der Waals surface area contributed by atoms with Crippen LogP contribution in [0.15, 0.2) is 21.9 Å². The van der Waals surface area contributed by atoms with Crippen molar-refractivity contribution in [3.8, 4) is 0 Å². The van der Waals surface area contributed by atoms with E-state index in [1.54, 1.807) is 0 Å². The summed E-state index contributed by atoms with van der Waals surface area (Å²) in [5, 5.41) is 0.327. The maximum atomic E-state index is 11.6. The lowest BCUT2D eigenvalue weighted by Gasteiger charge is -2.11. The van der Waals surface area contributed by atoms with E-state index >= 15 is 0 Å².